The van der Waals surface area contributed by atoms with Crippen LogP contribution in [0.1, 0.15) is 21.6 Å². The molecule has 3 rings (SSSR count). The number of esters is 1. The van der Waals surface area contributed by atoms with Gasteiger partial charge in [0.25, 0.3) is 0 Å². The van der Waals surface area contributed by atoms with Gasteiger partial charge in [-0.15, -0.1) is 0 Å². The molecular weight excluding hydrogens is 360 g/mol. The number of imidazole rings is 1. The van der Waals surface area contributed by atoms with Gasteiger partial charge in [-0.3, -0.25) is 0 Å². The lowest BCUT2D eigenvalue weighted by molar-refractivity contribution is 0.0729. The number of hydrogen-bond donors (Lipinski definition) is 1. The van der Waals surface area contributed by atoms with Crippen LogP contribution in [0.4, 0.5) is 5.95 Å². The number of methoxy groups -OCH3 is 2. The lowest BCUT2D eigenvalue weighted by atomic mass is 10.2. The molecule has 0 aliphatic heterocycles. The Morgan fingerprint density at radius 2 is 1.86 bits per heavy atom. The molecule has 0 saturated heterocycles. The van der Waals surface area contributed by atoms with E-state index in [4.69, 9.17) is 19.9 Å². The molecule has 0 amide bonds. The Morgan fingerprint density at radius 3 is 2.46 bits per heavy atom. The number of nitrogens with two attached hydrogens (primary N) is 1. The SMILES string of the molecule is COc1ccc(C(=O)Oc2ccc(C=Nn3cc(C)nc3N)cc2OC)cc1. The fourth-order valence-electron chi connectivity index (χ4n) is 2.46. The van der Waals surface area contributed by atoms with Crippen molar-refractivity contribution in [1.82, 2.24) is 9.66 Å². The monoisotopic (exact) mass is 380 g/mol. The van der Waals surface area contributed by atoms with Gasteiger partial charge in [-0.05, 0) is 55.0 Å². The highest BCUT2D eigenvalue weighted by atomic mass is 16.6. The first-order chi connectivity index (χ1) is 13.5. The number of anilines is 1. The summed E-state index contributed by atoms with van der Waals surface area (Å²) in [6.45, 7) is 1.83. The molecule has 0 spiro atoms. The van der Waals surface area contributed by atoms with Gasteiger partial charge in [0.05, 0.1) is 37.9 Å². The summed E-state index contributed by atoms with van der Waals surface area (Å²) < 4.78 is 17.3. The highest BCUT2D eigenvalue weighted by molar-refractivity contribution is 5.91. The third kappa shape index (κ3) is 4.29. The Morgan fingerprint density at radius 1 is 1.11 bits per heavy atom. The molecule has 0 fully saturated rings. The van der Waals surface area contributed by atoms with E-state index >= 15 is 0 Å². The largest absolute Gasteiger partial charge is 0.497 e. The van der Waals surface area contributed by atoms with Crippen molar-refractivity contribution in [3.05, 3.63) is 65.5 Å². The molecule has 8 heteroatoms. The zero-order chi connectivity index (χ0) is 20.1. The van der Waals surface area contributed by atoms with E-state index < -0.39 is 5.97 Å². The van der Waals surface area contributed by atoms with E-state index in [2.05, 4.69) is 10.1 Å². The van der Waals surface area contributed by atoms with Crippen molar-refractivity contribution in [2.45, 2.75) is 6.92 Å². The number of ether oxygens (including phenoxy) is 3. The molecule has 144 valence electrons. The number of rotatable bonds is 6. The van der Waals surface area contributed by atoms with Gasteiger partial charge in [-0.25, -0.2) is 14.5 Å². The molecule has 0 radical (unpaired) electrons. The van der Waals surface area contributed by atoms with Crippen LogP contribution in [0.2, 0.25) is 0 Å². The molecule has 0 bridgehead atoms. The Bertz CT molecular complexity index is 1010. The molecule has 3 aromatic rings. The average Bonchev–Trinajstić information content (AvgIpc) is 3.04. The zero-order valence-electron chi connectivity index (χ0n) is 15.7. The summed E-state index contributed by atoms with van der Waals surface area (Å²) in [5, 5.41) is 4.26. The number of nitrogen functional groups attached to an aromatic ring is 1. The molecule has 0 aliphatic carbocycles. The number of carbonyl (C=O) groups excluding carboxylic acids is 1. The molecule has 1 aromatic heterocycles. The molecule has 1 heterocycles. The van der Waals surface area contributed by atoms with Gasteiger partial charge in [-0.2, -0.15) is 5.10 Å². The molecule has 2 N–H and O–H groups in total. The fraction of sp³-hybridized carbons (Fsp3) is 0.150. The van der Waals surface area contributed by atoms with Crippen LogP contribution in [-0.4, -0.2) is 36.1 Å². The van der Waals surface area contributed by atoms with Crippen LogP contribution in [0.5, 0.6) is 17.2 Å². The molecular formula is C20H20N4O4. The van der Waals surface area contributed by atoms with Crippen LogP contribution in [0.15, 0.2) is 53.8 Å². The van der Waals surface area contributed by atoms with Gasteiger partial charge in [0.15, 0.2) is 11.5 Å². The van der Waals surface area contributed by atoms with Crippen molar-refractivity contribution in [3.63, 3.8) is 0 Å². The second-order valence-electron chi connectivity index (χ2n) is 5.86. The standard InChI is InChI=1S/C20H20N4O4/c1-13-12-24(20(21)23-13)22-11-14-4-9-17(18(10-14)27-3)28-19(25)15-5-7-16(26-2)8-6-15/h4-12H,1-3H3,(H2,21,23). The smallest absolute Gasteiger partial charge is 0.343 e. The lowest BCUT2D eigenvalue weighted by Gasteiger charge is -2.10. The van der Waals surface area contributed by atoms with Gasteiger partial charge in [0, 0.05) is 0 Å². The number of benzene rings is 2. The van der Waals surface area contributed by atoms with Gasteiger partial charge in [0.2, 0.25) is 5.95 Å². The van der Waals surface area contributed by atoms with Crippen molar-refractivity contribution in [2.75, 3.05) is 20.0 Å². The van der Waals surface area contributed by atoms with E-state index in [1.165, 1.54) is 11.8 Å². The van der Waals surface area contributed by atoms with Gasteiger partial charge in [0.1, 0.15) is 5.75 Å². The number of aromatic nitrogens is 2. The molecule has 8 nitrogen and oxygen atoms in total. The number of nitrogens with zero attached hydrogens (tertiary/aromatic N) is 3. The van der Waals surface area contributed by atoms with E-state index in [0.717, 1.165) is 11.3 Å². The van der Waals surface area contributed by atoms with Crippen molar-refractivity contribution in [1.29, 1.82) is 0 Å². The first-order valence-electron chi connectivity index (χ1n) is 8.40. The van der Waals surface area contributed by atoms with Gasteiger partial charge in [-0.1, -0.05) is 0 Å². The van der Waals surface area contributed by atoms with E-state index in [9.17, 15) is 4.79 Å². The summed E-state index contributed by atoms with van der Waals surface area (Å²) in [7, 11) is 3.06. The Hall–Kier alpha value is -3.81. The third-order valence-electron chi connectivity index (χ3n) is 3.88. The normalized spacial score (nSPS) is 10.8. The van der Waals surface area contributed by atoms with Crippen LogP contribution >= 0.6 is 0 Å². The van der Waals surface area contributed by atoms with Crippen molar-refractivity contribution >= 4 is 18.1 Å². The van der Waals surface area contributed by atoms with E-state index in [0.29, 0.717) is 28.8 Å². The fourth-order valence-corrected chi connectivity index (χ4v) is 2.46. The maximum atomic E-state index is 12.3. The first kappa shape index (κ1) is 19.0. The van der Waals surface area contributed by atoms with Crippen molar-refractivity contribution in [3.8, 4) is 17.2 Å². The van der Waals surface area contributed by atoms with Crippen molar-refractivity contribution in [2.24, 2.45) is 5.10 Å². The number of carbonyl (C=O) groups is 1. The maximum Gasteiger partial charge on any atom is 0.343 e. The van der Waals surface area contributed by atoms with Crippen LogP contribution in [-0.2, 0) is 0 Å². The molecule has 0 aliphatic rings. The van der Waals surface area contributed by atoms with E-state index in [1.807, 2.05) is 6.92 Å². The summed E-state index contributed by atoms with van der Waals surface area (Å²) in [6, 6.07) is 11.7. The summed E-state index contributed by atoms with van der Waals surface area (Å²) in [6.07, 6.45) is 3.32. The number of aryl methyl sites for hydroxylation is 1. The van der Waals surface area contributed by atoms with Crippen LogP contribution < -0.4 is 19.9 Å². The first-order valence-corrected chi connectivity index (χ1v) is 8.40. The minimum atomic E-state index is -0.496. The summed E-state index contributed by atoms with van der Waals surface area (Å²) in [5.74, 6) is 1.17. The van der Waals surface area contributed by atoms with Crippen LogP contribution in [0.3, 0.4) is 0 Å². The molecule has 28 heavy (non-hydrogen) atoms. The van der Waals surface area contributed by atoms with E-state index in [1.54, 1.807) is 62.0 Å². The molecule has 2 aromatic carbocycles. The maximum absolute atomic E-state index is 12.3. The molecule has 0 unspecified atom stereocenters. The van der Waals surface area contributed by atoms with Crippen LogP contribution in [0.25, 0.3) is 0 Å². The highest BCUT2D eigenvalue weighted by Crippen LogP contribution is 2.28. The minimum Gasteiger partial charge on any atom is -0.497 e. The molecule has 0 saturated carbocycles. The predicted octanol–water partition coefficient (Wildman–Crippen LogP) is 2.89. The average molecular weight is 380 g/mol. The summed E-state index contributed by atoms with van der Waals surface area (Å²) >= 11 is 0. The lowest BCUT2D eigenvalue weighted by Crippen LogP contribution is -2.09. The summed E-state index contributed by atoms with van der Waals surface area (Å²) in [4.78, 5) is 16.4. The van der Waals surface area contributed by atoms with Gasteiger partial charge < -0.3 is 19.9 Å². The van der Waals surface area contributed by atoms with Gasteiger partial charge >= 0.3 is 5.97 Å². The Labute approximate surface area is 162 Å². The Balaban J connectivity index is 1.77. The third-order valence-corrected chi connectivity index (χ3v) is 3.88. The van der Waals surface area contributed by atoms with E-state index in [-0.39, 0.29) is 0 Å². The Kier molecular flexibility index (Phi) is 5.59. The minimum absolute atomic E-state index is 0.297. The second-order valence-corrected chi connectivity index (χ2v) is 5.86. The second kappa shape index (κ2) is 8.26. The highest BCUT2D eigenvalue weighted by Gasteiger charge is 2.13. The van der Waals surface area contributed by atoms with Crippen molar-refractivity contribution < 1.29 is 19.0 Å². The number of hydrogen-bond acceptors (Lipinski definition) is 7. The zero-order valence-corrected chi connectivity index (χ0v) is 15.7. The predicted molar refractivity (Wildman–Crippen MR) is 105 cm³/mol. The van der Waals surface area contributed by atoms with Crippen LogP contribution in [0, 0.1) is 6.92 Å². The quantitative estimate of drug-likeness (QED) is 0.401. The summed E-state index contributed by atoms with van der Waals surface area (Å²) in [5.41, 5.74) is 7.68. The topological polar surface area (TPSA) is 101 Å². The molecule has 0 atom stereocenters.